The molecule has 2 unspecified atom stereocenters. The molecule has 2 atom stereocenters. The van der Waals surface area contributed by atoms with Crippen LogP contribution in [0.5, 0.6) is 11.5 Å². The van der Waals surface area contributed by atoms with Crippen molar-refractivity contribution in [3.05, 3.63) is 74.9 Å². The summed E-state index contributed by atoms with van der Waals surface area (Å²) < 4.78 is 10.7. The normalized spacial score (nSPS) is 17.8. The summed E-state index contributed by atoms with van der Waals surface area (Å²) in [5.41, 5.74) is 1.65. The third-order valence-corrected chi connectivity index (χ3v) is 6.67. The van der Waals surface area contributed by atoms with Gasteiger partial charge in [0.2, 0.25) is 5.91 Å². The number of thiophene rings is 1. The first-order chi connectivity index (χ1) is 15.0. The zero-order valence-corrected chi connectivity index (χ0v) is 18.8. The molecule has 0 bridgehead atoms. The summed E-state index contributed by atoms with van der Waals surface area (Å²) in [6, 6.07) is 13.9. The lowest BCUT2D eigenvalue weighted by molar-refractivity contribution is -0.119. The zero-order valence-electron chi connectivity index (χ0n) is 17.2. The van der Waals surface area contributed by atoms with Crippen LogP contribution in [0.15, 0.2) is 53.9 Å². The molecule has 2 heterocycles. The molecule has 1 aliphatic rings. The lowest BCUT2D eigenvalue weighted by Crippen LogP contribution is -2.43. The molecule has 1 N–H and O–H groups in total. The Hall–Kier alpha value is -3.03. The van der Waals surface area contributed by atoms with E-state index in [0.29, 0.717) is 33.3 Å². The Bertz CT molecular complexity index is 1130. The van der Waals surface area contributed by atoms with Crippen LogP contribution in [0.4, 0.5) is 5.69 Å². The number of carbonyl (C=O) groups excluding carboxylic acids is 2. The Morgan fingerprint density at radius 1 is 1.10 bits per heavy atom. The fourth-order valence-electron chi connectivity index (χ4n) is 3.94. The fraction of sp³-hybridized carbons (Fsp3) is 0.217. The van der Waals surface area contributed by atoms with Gasteiger partial charge >= 0.3 is 0 Å². The van der Waals surface area contributed by atoms with E-state index in [9.17, 15) is 9.59 Å². The van der Waals surface area contributed by atoms with Crippen LogP contribution in [0.3, 0.4) is 0 Å². The van der Waals surface area contributed by atoms with Crippen molar-refractivity contribution >= 4 is 40.4 Å². The quantitative estimate of drug-likeness (QED) is 0.588. The minimum Gasteiger partial charge on any atom is -0.495 e. The van der Waals surface area contributed by atoms with Crippen molar-refractivity contribution in [3.8, 4) is 11.5 Å². The van der Waals surface area contributed by atoms with Gasteiger partial charge in [-0.3, -0.25) is 9.59 Å². The molecule has 6 nitrogen and oxygen atoms in total. The number of halogens is 1. The molecule has 1 aromatic heterocycles. The summed E-state index contributed by atoms with van der Waals surface area (Å²) in [6.45, 7) is 0. The molecular weight excluding hydrogens is 436 g/mol. The molecule has 4 rings (SSSR count). The number of hydrogen-bond acceptors (Lipinski definition) is 5. The predicted octanol–water partition coefficient (Wildman–Crippen LogP) is 4.97. The number of nitrogens with one attached hydrogen (secondary N) is 1. The number of carbonyl (C=O) groups is 2. The van der Waals surface area contributed by atoms with E-state index in [1.54, 1.807) is 36.2 Å². The molecule has 2 aromatic carbocycles. The lowest BCUT2D eigenvalue weighted by atomic mass is 9.81. The number of fused-ring (bicyclic) bond motifs is 1. The molecule has 3 aromatic rings. The van der Waals surface area contributed by atoms with Crippen LogP contribution in [0.1, 0.15) is 32.8 Å². The highest BCUT2D eigenvalue weighted by Crippen LogP contribution is 2.44. The van der Waals surface area contributed by atoms with Gasteiger partial charge in [-0.2, -0.15) is 0 Å². The van der Waals surface area contributed by atoms with E-state index in [2.05, 4.69) is 5.32 Å². The van der Waals surface area contributed by atoms with Crippen molar-refractivity contribution in [1.29, 1.82) is 0 Å². The Morgan fingerprint density at radius 2 is 1.84 bits per heavy atom. The monoisotopic (exact) mass is 456 g/mol. The molecule has 160 valence electrons. The van der Waals surface area contributed by atoms with Crippen LogP contribution in [0.25, 0.3) is 0 Å². The Labute approximate surface area is 189 Å². The summed E-state index contributed by atoms with van der Waals surface area (Å²) >= 11 is 7.79. The molecule has 2 amide bonds. The van der Waals surface area contributed by atoms with E-state index in [1.807, 2.05) is 29.6 Å². The van der Waals surface area contributed by atoms with Gasteiger partial charge in [0, 0.05) is 23.6 Å². The molecule has 0 fully saturated rings. The number of methoxy groups -OCH3 is 2. The number of likely N-dealkylation sites (N-methyl/N-ethyl adjacent to an activating group) is 1. The third kappa shape index (κ3) is 3.75. The van der Waals surface area contributed by atoms with E-state index in [4.69, 9.17) is 21.1 Å². The van der Waals surface area contributed by atoms with Crippen LogP contribution in [-0.4, -0.2) is 38.0 Å². The van der Waals surface area contributed by atoms with E-state index < -0.39 is 12.0 Å². The standard InChI is InChI=1S/C23H21ClN2O4S/c1-26-21(19-9-6-10-31-19)20(13-7-4-5-8-14(13)23(26)28)22(27)25-16-11-15(24)17(29-2)12-18(16)30-3/h4-12,20-21H,1-3H3,(H,25,27). The van der Waals surface area contributed by atoms with Crippen molar-refractivity contribution in [2.75, 3.05) is 26.6 Å². The number of amides is 2. The van der Waals surface area contributed by atoms with E-state index in [0.717, 1.165) is 4.88 Å². The van der Waals surface area contributed by atoms with Gasteiger partial charge in [-0.25, -0.2) is 0 Å². The second-order valence-corrected chi connectivity index (χ2v) is 8.50. The van der Waals surface area contributed by atoms with Gasteiger partial charge in [0.25, 0.3) is 5.91 Å². The summed E-state index contributed by atoms with van der Waals surface area (Å²) in [7, 11) is 4.75. The first kappa shape index (κ1) is 21.2. The Morgan fingerprint density at radius 3 is 2.52 bits per heavy atom. The fourth-order valence-corrected chi connectivity index (χ4v) is 5.09. The van der Waals surface area contributed by atoms with Gasteiger partial charge in [-0.1, -0.05) is 35.9 Å². The topological polar surface area (TPSA) is 67.9 Å². The highest BCUT2D eigenvalue weighted by molar-refractivity contribution is 7.10. The number of nitrogens with zero attached hydrogens (tertiary/aromatic N) is 1. The van der Waals surface area contributed by atoms with Crippen molar-refractivity contribution in [2.24, 2.45) is 0 Å². The third-order valence-electron chi connectivity index (χ3n) is 5.43. The lowest BCUT2D eigenvalue weighted by Gasteiger charge is -2.39. The SMILES string of the molecule is COc1cc(OC)c(NC(=O)C2c3ccccc3C(=O)N(C)C2c2cccs2)cc1Cl. The van der Waals surface area contributed by atoms with Crippen LogP contribution < -0.4 is 14.8 Å². The maximum atomic E-state index is 13.6. The Kier molecular flexibility index (Phi) is 5.89. The van der Waals surface area contributed by atoms with Crippen LogP contribution in [-0.2, 0) is 4.79 Å². The minimum absolute atomic E-state index is 0.108. The largest absolute Gasteiger partial charge is 0.495 e. The van der Waals surface area contributed by atoms with Gasteiger partial charge in [0.15, 0.2) is 0 Å². The number of anilines is 1. The molecule has 0 aliphatic carbocycles. The summed E-state index contributed by atoms with van der Waals surface area (Å²) in [5.74, 6) is -0.104. The highest BCUT2D eigenvalue weighted by Gasteiger charge is 2.43. The van der Waals surface area contributed by atoms with Gasteiger partial charge in [0.05, 0.1) is 36.9 Å². The number of ether oxygens (including phenoxy) is 2. The first-order valence-corrected chi connectivity index (χ1v) is 10.8. The maximum absolute atomic E-state index is 13.6. The minimum atomic E-state index is -0.608. The van der Waals surface area contributed by atoms with Crippen molar-refractivity contribution in [1.82, 2.24) is 4.90 Å². The summed E-state index contributed by atoms with van der Waals surface area (Å²) in [5, 5.41) is 5.25. The molecule has 1 aliphatic heterocycles. The molecule has 0 radical (unpaired) electrons. The zero-order chi connectivity index (χ0) is 22.1. The van der Waals surface area contributed by atoms with E-state index in [1.165, 1.54) is 25.6 Å². The van der Waals surface area contributed by atoms with Crippen molar-refractivity contribution in [2.45, 2.75) is 12.0 Å². The van der Waals surface area contributed by atoms with Crippen LogP contribution in [0, 0.1) is 0 Å². The van der Waals surface area contributed by atoms with Crippen LogP contribution >= 0.6 is 22.9 Å². The van der Waals surface area contributed by atoms with E-state index >= 15 is 0 Å². The molecule has 0 saturated carbocycles. The van der Waals surface area contributed by atoms with Gasteiger partial charge in [-0.05, 0) is 29.1 Å². The summed E-state index contributed by atoms with van der Waals surface area (Å²) in [6.07, 6.45) is 0. The number of rotatable bonds is 5. The smallest absolute Gasteiger partial charge is 0.254 e. The van der Waals surface area contributed by atoms with Gasteiger partial charge in [0.1, 0.15) is 11.5 Å². The highest BCUT2D eigenvalue weighted by atomic mass is 35.5. The first-order valence-electron chi connectivity index (χ1n) is 9.58. The molecule has 0 spiro atoms. The number of benzene rings is 2. The molecule has 8 heteroatoms. The maximum Gasteiger partial charge on any atom is 0.254 e. The average Bonchev–Trinajstić information content (AvgIpc) is 3.30. The number of hydrogen-bond donors (Lipinski definition) is 1. The molecule has 0 saturated heterocycles. The second kappa shape index (κ2) is 8.61. The predicted molar refractivity (Wildman–Crippen MR) is 122 cm³/mol. The second-order valence-electron chi connectivity index (χ2n) is 7.12. The van der Waals surface area contributed by atoms with Crippen molar-refractivity contribution < 1.29 is 19.1 Å². The van der Waals surface area contributed by atoms with Crippen LogP contribution in [0.2, 0.25) is 5.02 Å². The van der Waals surface area contributed by atoms with E-state index in [-0.39, 0.29) is 11.8 Å². The molecule has 31 heavy (non-hydrogen) atoms. The summed E-state index contributed by atoms with van der Waals surface area (Å²) in [4.78, 5) is 29.2. The Balaban J connectivity index is 1.79. The van der Waals surface area contributed by atoms with Crippen molar-refractivity contribution in [3.63, 3.8) is 0 Å². The van der Waals surface area contributed by atoms with Gasteiger partial charge in [-0.15, -0.1) is 11.3 Å². The van der Waals surface area contributed by atoms with Gasteiger partial charge < -0.3 is 19.7 Å². The average molecular weight is 457 g/mol. The molecular formula is C23H21ClN2O4S.